The van der Waals surface area contributed by atoms with Gasteiger partial charge in [0.2, 0.25) is 0 Å². The van der Waals surface area contributed by atoms with Gasteiger partial charge in [-0.05, 0) is 34.5 Å². The van der Waals surface area contributed by atoms with Crippen molar-refractivity contribution in [2.24, 2.45) is 0 Å². The van der Waals surface area contributed by atoms with Gasteiger partial charge in [0.15, 0.2) is 5.82 Å². The highest BCUT2D eigenvalue weighted by Gasteiger charge is 2.05. The molecule has 0 saturated heterocycles. The summed E-state index contributed by atoms with van der Waals surface area (Å²) in [5, 5.41) is 11.7. The summed E-state index contributed by atoms with van der Waals surface area (Å²) in [5.74, 6) is 1.73. The van der Waals surface area contributed by atoms with Crippen LogP contribution >= 0.6 is 0 Å². The first-order valence-electron chi connectivity index (χ1n) is 5.82. The fourth-order valence-corrected chi connectivity index (χ4v) is 1.66. The van der Waals surface area contributed by atoms with Gasteiger partial charge in [0, 0.05) is 6.42 Å². The number of methoxy groups -OCH3 is 1. The van der Waals surface area contributed by atoms with Gasteiger partial charge in [-0.3, -0.25) is 0 Å². The van der Waals surface area contributed by atoms with Crippen LogP contribution in [0.3, 0.4) is 0 Å². The van der Waals surface area contributed by atoms with Crippen molar-refractivity contribution in [2.75, 3.05) is 7.11 Å². The van der Waals surface area contributed by atoms with Crippen LogP contribution in [0, 0.1) is 0 Å². The summed E-state index contributed by atoms with van der Waals surface area (Å²) < 4.78 is 6.93. The van der Waals surface area contributed by atoms with Crippen molar-refractivity contribution < 1.29 is 4.74 Å². The quantitative estimate of drug-likeness (QED) is 0.728. The van der Waals surface area contributed by atoms with E-state index >= 15 is 0 Å². The molecule has 0 N–H and O–H groups in total. The number of rotatable bonds is 6. The monoisotopic (exact) mass is 244 g/mol. The van der Waals surface area contributed by atoms with E-state index in [1.54, 1.807) is 7.11 Å². The molecule has 0 aliphatic heterocycles. The Labute approximate surface area is 106 Å². The van der Waals surface area contributed by atoms with E-state index in [0.29, 0.717) is 6.54 Å². The fourth-order valence-electron chi connectivity index (χ4n) is 1.66. The van der Waals surface area contributed by atoms with E-state index in [4.69, 9.17) is 4.74 Å². The third kappa shape index (κ3) is 2.94. The minimum Gasteiger partial charge on any atom is -0.497 e. The maximum atomic E-state index is 5.12. The second-order valence-electron chi connectivity index (χ2n) is 3.93. The van der Waals surface area contributed by atoms with Gasteiger partial charge in [-0.1, -0.05) is 18.2 Å². The van der Waals surface area contributed by atoms with Gasteiger partial charge in [0.05, 0.1) is 13.7 Å². The number of nitrogens with zero attached hydrogens (tertiary/aromatic N) is 4. The Balaban J connectivity index is 2.07. The van der Waals surface area contributed by atoms with E-state index in [9.17, 15) is 0 Å². The molecule has 0 aliphatic carbocycles. The minimum absolute atomic E-state index is 0.670. The summed E-state index contributed by atoms with van der Waals surface area (Å²) >= 11 is 0. The predicted molar refractivity (Wildman–Crippen MR) is 68.4 cm³/mol. The second-order valence-corrected chi connectivity index (χ2v) is 3.93. The predicted octanol–water partition coefficient (Wildman–Crippen LogP) is 1.85. The molecule has 1 aromatic carbocycles. The average molecular weight is 244 g/mol. The fraction of sp³-hybridized carbons (Fsp3) is 0.308. The molecule has 0 fully saturated rings. The summed E-state index contributed by atoms with van der Waals surface area (Å²) in [6.45, 7) is 4.37. The van der Waals surface area contributed by atoms with E-state index < -0.39 is 0 Å². The van der Waals surface area contributed by atoms with Crippen molar-refractivity contribution in [3.63, 3.8) is 0 Å². The lowest BCUT2D eigenvalue weighted by atomic mass is 10.2. The van der Waals surface area contributed by atoms with Crippen LogP contribution in [0.4, 0.5) is 0 Å². The normalized spacial score (nSPS) is 10.3. The summed E-state index contributed by atoms with van der Waals surface area (Å²) in [5.41, 5.74) is 1.14. The molecule has 0 spiro atoms. The molecule has 5 nitrogen and oxygen atoms in total. The lowest BCUT2D eigenvalue weighted by molar-refractivity contribution is 0.414. The van der Waals surface area contributed by atoms with Crippen LogP contribution in [0.5, 0.6) is 5.75 Å². The standard InChI is InChI=1S/C13H16N4O/c1-3-4-5-13-14-15-16-17(13)10-11-6-8-12(18-2)9-7-11/h3,6-9H,1,4-5,10H2,2H3. The molecule has 0 aliphatic rings. The lowest BCUT2D eigenvalue weighted by Crippen LogP contribution is -2.07. The van der Waals surface area contributed by atoms with Crippen LogP contribution in [0.15, 0.2) is 36.9 Å². The Kier molecular flexibility index (Phi) is 4.06. The van der Waals surface area contributed by atoms with Gasteiger partial charge in [-0.15, -0.1) is 11.7 Å². The van der Waals surface area contributed by atoms with E-state index in [0.717, 1.165) is 30.0 Å². The Morgan fingerprint density at radius 1 is 1.33 bits per heavy atom. The third-order valence-electron chi connectivity index (χ3n) is 2.67. The number of hydrogen-bond acceptors (Lipinski definition) is 4. The first-order valence-corrected chi connectivity index (χ1v) is 5.82. The maximum absolute atomic E-state index is 5.12. The number of ether oxygens (including phenoxy) is 1. The topological polar surface area (TPSA) is 52.8 Å². The van der Waals surface area contributed by atoms with Crippen LogP contribution < -0.4 is 4.74 Å². The highest BCUT2D eigenvalue weighted by Crippen LogP contribution is 2.12. The summed E-state index contributed by atoms with van der Waals surface area (Å²) in [6.07, 6.45) is 3.56. The van der Waals surface area contributed by atoms with Crippen molar-refractivity contribution >= 4 is 0 Å². The van der Waals surface area contributed by atoms with Gasteiger partial charge in [-0.2, -0.15) is 0 Å². The Morgan fingerprint density at radius 3 is 2.78 bits per heavy atom. The van der Waals surface area contributed by atoms with Crippen molar-refractivity contribution in [1.82, 2.24) is 20.2 Å². The van der Waals surface area contributed by atoms with Crippen molar-refractivity contribution in [2.45, 2.75) is 19.4 Å². The molecular formula is C13H16N4O. The van der Waals surface area contributed by atoms with Crippen molar-refractivity contribution in [3.8, 4) is 5.75 Å². The van der Waals surface area contributed by atoms with E-state index in [1.165, 1.54) is 0 Å². The summed E-state index contributed by atoms with van der Waals surface area (Å²) in [6, 6.07) is 7.89. The largest absolute Gasteiger partial charge is 0.497 e. The van der Waals surface area contributed by atoms with Gasteiger partial charge < -0.3 is 4.74 Å². The van der Waals surface area contributed by atoms with Crippen molar-refractivity contribution in [3.05, 3.63) is 48.3 Å². The number of allylic oxidation sites excluding steroid dienone is 1. The van der Waals surface area contributed by atoms with Crippen LogP contribution in [-0.2, 0) is 13.0 Å². The molecule has 18 heavy (non-hydrogen) atoms. The highest BCUT2D eigenvalue weighted by atomic mass is 16.5. The molecule has 0 saturated carbocycles. The lowest BCUT2D eigenvalue weighted by Gasteiger charge is -2.05. The van der Waals surface area contributed by atoms with Crippen LogP contribution in [0.2, 0.25) is 0 Å². The number of benzene rings is 1. The number of tetrazole rings is 1. The van der Waals surface area contributed by atoms with Gasteiger partial charge in [0.1, 0.15) is 5.75 Å². The number of aryl methyl sites for hydroxylation is 1. The average Bonchev–Trinajstić information content (AvgIpc) is 2.84. The van der Waals surface area contributed by atoms with Crippen LogP contribution in [0.25, 0.3) is 0 Å². The zero-order chi connectivity index (χ0) is 12.8. The third-order valence-corrected chi connectivity index (χ3v) is 2.67. The molecule has 0 unspecified atom stereocenters. The van der Waals surface area contributed by atoms with Crippen LogP contribution in [-0.4, -0.2) is 27.3 Å². The number of aromatic nitrogens is 4. The molecule has 2 rings (SSSR count). The highest BCUT2D eigenvalue weighted by molar-refractivity contribution is 5.27. The second kappa shape index (κ2) is 5.95. The zero-order valence-electron chi connectivity index (χ0n) is 10.4. The molecule has 94 valence electrons. The molecular weight excluding hydrogens is 228 g/mol. The van der Waals surface area contributed by atoms with Gasteiger partial charge in [0.25, 0.3) is 0 Å². The number of hydrogen-bond donors (Lipinski definition) is 0. The van der Waals surface area contributed by atoms with Crippen molar-refractivity contribution in [1.29, 1.82) is 0 Å². The molecule has 0 radical (unpaired) electrons. The van der Waals surface area contributed by atoms with Crippen LogP contribution in [0.1, 0.15) is 17.8 Å². The molecule has 1 aromatic heterocycles. The van der Waals surface area contributed by atoms with E-state index in [1.807, 2.05) is 35.0 Å². The first kappa shape index (κ1) is 12.3. The SMILES string of the molecule is C=CCCc1nnnn1Cc1ccc(OC)cc1. The molecule has 2 aromatic rings. The van der Waals surface area contributed by atoms with E-state index in [2.05, 4.69) is 22.1 Å². The Hall–Kier alpha value is -2.17. The zero-order valence-corrected chi connectivity index (χ0v) is 10.4. The molecule has 0 amide bonds. The smallest absolute Gasteiger partial charge is 0.151 e. The molecule has 0 atom stereocenters. The van der Waals surface area contributed by atoms with Gasteiger partial charge in [-0.25, -0.2) is 4.68 Å². The van der Waals surface area contributed by atoms with E-state index in [-0.39, 0.29) is 0 Å². The maximum Gasteiger partial charge on any atom is 0.151 e. The Bertz CT molecular complexity index is 504. The minimum atomic E-state index is 0.670. The summed E-state index contributed by atoms with van der Waals surface area (Å²) in [4.78, 5) is 0. The van der Waals surface area contributed by atoms with Gasteiger partial charge >= 0.3 is 0 Å². The first-order chi connectivity index (χ1) is 8.83. The Morgan fingerprint density at radius 2 is 2.11 bits per heavy atom. The molecule has 5 heteroatoms. The molecule has 0 bridgehead atoms. The molecule has 1 heterocycles. The summed E-state index contributed by atoms with van der Waals surface area (Å²) in [7, 11) is 1.66.